The lowest BCUT2D eigenvalue weighted by molar-refractivity contribution is -0.123. The maximum absolute atomic E-state index is 12.7. The molecule has 0 bridgehead atoms. The summed E-state index contributed by atoms with van der Waals surface area (Å²) in [6.45, 7) is 0.761. The van der Waals surface area contributed by atoms with Crippen LogP contribution in [0.5, 0.6) is 5.75 Å². The van der Waals surface area contributed by atoms with E-state index in [2.05, 4.69) is 15.4 Å². The van der Waals surface area contributed by atoms with Crippen LogP contribution in [0, 0.1) is 0 Å². The van der Waals surface area contributed by atoms with Crippen LogP contribution in [0.2, 0.25) is 10.0 Å². The molecule has 0 unspecified atom stereocenters. The van der Waals surface area contributed by atoms with Crippen LogP contribution in [0.25, 0.3) is 0 Å². The van der Waals surface area contributed by atoms with E-state index in [4.69, 9.17) is 62.7 Å². The second-order valence-corrected chi connectivity index (χ2v) is 11.2. The summed E-state index contributed by atoms with van der Waals surface area (Å²) < 4.78 is 30.5. The van der Waals surface area contributed by atoms with Gasteiger partial charge in [-0.05, 0) is 42.5 Å². The first-order chi connectivity index (χ1) is 14.8. The van der Waals surface area contributed by atoms with Gasteiger partial charge in [0.05, 0.1) is 9.92 Å². The first-order valence-corrected chi connectivity index (χ1v) is 12.0. The first kappa shape index (κ1) is 26.8. The number of anilines is 1. The number of halogens is 5. The number of hydrogen-bond donors (Lipinski definition) is 3. The zero-order valence-electron chi connectivity index (χ0n) is 16.2. The zero-order valence-corrected chi connectivity index (χ0v) is 20.8. The molecular weight excluding hydrogens is 548 g/mol. The number of carbonyl (C=O) groups is 2. The van der Waals surface area contributed by atoms with Gasteiger partial charge < -0.3 is 15.4 Å². The minimum absolute atomic E-state index is 0.173. The molecule has 2 amide bonds. The van der Waals surface area contributed by atoms with E-state index < -0.39 is 32.5 Å². The zero-order chi connectivity index (χ0) is 24.1. The number of nitrogens with one attached hydrogen (secondary N) is 3. The van der Waals surface area contributed by atoms with Crippen LogP contribution < -0.4 is 20.1 Å². The van der Waals surface area contributed by atoms with Gasteiger partial charge in [-0.25, -0.2) is 8.42 Å². The van der Waals surface area contributed by atoms with Crippen molar-refractivity contribution < 1.29 is 22.7 Å². The Bertz CT molecular complexity index is 1090. The lowest BCUT2D eigenvalue weighted by Crippen LogP contribution is -2.56. The minimum atomic E-state index is -4.22. The van der Waals surface area contributed by atoms with Crippen LogP contribution in [0.15, 0.2) is 47.4 Å². The number of benzene rings is 2. The molecule has 14 heteroatoms. The van der Waals surface area contributed by atoms with Gasteiger partial charge in [-0.1, -0.05) is 58.0 Å². The minimum Gasteiger partial charge on any atom is -0.482 e. The number of amides is 2. The van der Waals surface area contributed by atoms with E-state index >= 15 is 0 Å². The number of alkyl halides is 3. The van der Waals surface area contributed by atoms with Crippen LogP contribution in [0.1, 0.15) is 6.92 Å². The van der Waals surface area contributed by atoms with Gasteiger partial charge in [-0.15, -0.1) is 0 Å². The van der Waals surface area contributed by atoms with Crippen molar-refractivity contribution in [2.75, 3.05) is 11.9 Å². The van der Waals surface area contributed by atoms with E-state index in [0.717, 1.165) is 0 Å². The summed E-state index contributed by atoms with van der Waals surface area (Å²) in [6.07, 6.45) is -1.63. The molecule has 0 aromatic heterocycles. The fourth-order valence-electron chi connectivity index (χ4n) is 2.26. The van der Waals surface area contributed by atoms with Crippen molar-refractivity contribution in [3.05, 3.63) is 52.5 Å². The van der Waals surface area contributed by atoms with E-state index in [1.165, 1.54) is 49.4 Å². The average Bonchev–Trinajstić information content (AvgIpc) is 2.66. The van der Waals surface area contributed by atoms with E-state index in [-0.39, 0.29) is 21.6 Å². The van der Waals surface area contributed by atoms with Crippen molar-refractivity contribution in [3.63, 3.8) is 0 Å². The highest BCUT2D eigenvalue weighted by Crippen LogP contribution is 2.30. The molecule has 2 rings (SSSR count). The number of sulfonamides is 1. The molecule has 0 aliphatic rings. The molecule has 1 atom stereocenters. The van der Waals surface area contributed by atoms with Crippen LogP contribution in [0.3, 0.4) is 0 Å². The predicted octanol–water partition coefficient (Wildman–Crippen LogP) is 4.12. The maximum atomic E-state index is 12.7. The van der Waals surface area contributed by atoms with E-state index in [0.29, 0.717) is 10.7 Å². The third-order valence-electron chi connectivity index (χ3n) is 3.64. The quantitative estimate of drug-likeness (QED) is 0.330. The molecule has 32 heavy (non-hydrogen) atoms. The molecule has 0 heterocycles. The Morgan fingerprint density at radius 1 is 1.06 bits per heavy atom. The van der Waals surface area contributed by atoms with Gasteiger partial charge in [-0.3, -0.25) is 9.59 Å². The van der Waals surface area contributed by atoms with Gasteiger partial charge in [0, 0.05) is 17.6 Å². The summed E-state index contributed by atoms with van der Waals surface area (Å²) in [5, 5.41) is 5.30. The molecule has 174 valence electrons. The summed E-state index contributed by atoms with van der Waals surface area (Å²) in [6, 6.07) is 9.61. The second-order valence-electron chi connectivity index (χ2n) is 6.23. The Morgan fingerprint density at radius 3 is 2.22 bits per heavy atom. The summed E-state index contributed by atoms with van der Waals surface area (Å²) in [7, 11) is -4.22. The number of carbonyl (C=O) groups excluding carboxylic acids is 2. The average molecular weight is 564 g/mol. The van der Waals surface area contributed by atoms with Crippen LogP contribution in [-0.4, -0.2) is 36.8 Å². The SMILES string of the molecule is CC(=O)Nc1ccc(S(=O)(=O)N[C@@H](NC(=O)COc2ccc(Cl)cc2Cl)C(Cl)(Cl)Cl)cc1. The summed E-state index contributed by atoms with van der Waals surface area (Å²) >= 11 is 29.3. The number of rotatable bonds is 8. The van der Waals surface area contributed by atoms with Crippen molar-refractivity contribution in [1.29, 1.82) is 0 Å². The summed E-state index contributed by atoms with van der Waals surface area (Å²) in [4.78, 5) is 23.2. The summed E-state index contributed by atoms with van der Waals surface area (Å²) in [5.41, 5.74) is 0.390. The van der Waals surface area contributed by atoms with Crippen LogP contribution >= 0.6 is 58.0 Å². The van der Waals surface area contributed by atoms with Gasteiger partial charge in [0.15, 0.2) is 6.61 Å². The highest BCUT2D eigenvalue weighted by atomic mass is 35.6. The topological polar surface area (TPSA) is 114 Å². The Hall–Kier alpha value is -1.46. The maximum Gasteiger partial charge on any atom is 0.259 e. The van der Waals surface area contributed by atoms with Crippen molar-refractivity contribution >= 4 is 85.5 Å². The molecule has 8 nitrogen and oxygen atoms in total. The fraction of sp³-hybridized carbons (Fsp3) is 0.222. The molecule has 3 N–H and O–H groups in total. The number of ether oxygens (including phenoxy) is 1. The van der Waals surface area contributed by atoms with Crippen LogP contribution in [-0.2, 0) is 19.6 Å². The molecule has 0 saturated heterocycles. The van der Waals surface area contributed by atoms with E-state index in [1.807, 2.05) is 0 Å². The number of hydrogen-bond acceptors (Lipinski definition) is 5. The molecular formula is C18H16Cl5N3O5S. The third kappa shape index (κ3) is 8.15. The molecule has 2 aromatic rings. The highest BCUT2D eigenvalue weighted by Gasteiger charge is 2.37. The van der Waals surface area contributed by atoms with E-state index in [9.17, 15) is 18.0 Å². The molecule has 0 aliphatic heterocycles. The monoisotopic (exact) mass is 561 g/mol. The van der Waals surface area contributed by atoms with Crippen molar-refractivity contribution in [1.82, 2.24) is 10.0 Å². The van der Waals surface area contributed by atoms with E-state index in [1.54, 1.807) is 0 Å². The largest absolute Gasteiger partial charge is 0.482 e. The fourth-order valence-corrected chi connectivity index (χ4v) is 4.42. The Morgan fingerprint density at radius 2 is 1.69 bits per heavy atom. The van der Waals surface area contributed by atoms with Gasteiger partial charge in [0.1, 0.15) is 11.9 Å². The van der Waals surface area contributed by atoms with Gasteiger partial charge in [0.25, 0.3) is 5.91 Å². The molecule has 2 aromatic carbocycles. The standard InChI is InChI=1S/C18H16Cl5N3O5S/c1-10(27)24-12-3-5-13(6-4-12)32(29,30)26-17(18(21,22)23)25-16(28)9-31-15-7-2-11(19)8-14(15)20/h2-8,17,26H,9H2,1H3,(H,24,27)(H,25,28)/t17-/m1/s1. The van der Waals surface area contributed by atoms with Crippen molar-refractivity contribution in [2.45, 2.75) is 21.8 Å². The Balaban J connectivity index is 2.09. The normalized spacial score (nSPS) is 12.7. The second kappa shape index (κ2) is 11.1. The molecule has 0 spiro atoms. The highest BCUT2D eigenvalue weighted by molar-refractivity contribution is 7.89. The molecule has 0 aliphatic carbocycles. The lowest BCUT2D eigenvalue weighted by atomic mass is 10.3. The Kier molecular flexibility index (Phi) is 9.30. The molecule has 0 saturated carbocycles. The first-order valence-electron chi connectivity index (χ1n) is 8.62. The predicted molar refractivity (Wildman–Crippen MR) is 125 cm³/mol. The smallest absolute Gasteiger partial charge is 0.259 e. The summed E-state index contributed by atoms with van der Waals surface area (Å²) in [5.74, 6) is -0.938. The van der Waals surface area contributed by atoms with Crippen molar-refractivity contribution in [2.24, 2.45) is 0 Å². The lowest BCUT2D eigenvalue weighted by Gasteiger charge is -2.26. The van der Waals surface area contributed by atoms with Gasteiger partial charge in [0.2, 0.25) is 19.7 Å². The molecule has 0 radical (unpaired) electrons. The third-order valence-corrected chi connectivity index (χ3v) is 6.27. The van der Waals surface area contributed by atoms with Gasteiger partial charge in [-0.2, -0.15) is 4.72 Å². The van der Waals surface area contributed by atoms with Crippen LogP contribution in [0.4, 0.5) is 5.69 Å². The molecule has 0 fully saturated rings. The van der Waals surface area contributed by atoms with Gasteiger partial charge >= 0.3 is 0 Å². The Labute approximate surface area is 209 Å². The van der Waals surface area contributed by atoms with Crippen molar-refractivity contribution in [3.8, 4) is 5.75 Å².